The predicted molar refractivity (Wildman–Crippen MR) is 88.5 cm³/mol. The molecule has 2 aromatic rings. The number of hydrogen-bond donors (Lipinski definition) is 3. The standard InChI is InChI=1S/C15H11Cl2F2N3O2/c16-8-1-2-12(17)13(3-8)22-14(23)7-20-15(24)21-11-5-9(18)4-10(19)6-11/h1-6H,7H2,(H,22,23)(H2,20,21,24). The summed E-state index contributed by atoms with van der Waals surface area (Å²) in [6.45, 7) is -0.382. The zero-order chi connectivity index (χ0) is 17.7. The topological polar surface area (TPSA) is 70.2 Å². The molecule has 0 heterocycles. The molecular formula is C15H11Cl2F2N3O2. The van der Waals surface area contributed by atoms with Gasteiger partial charge >= 0.3 is 6.03 Å². The summed E-state index contributed by atoms with van der Waals surface area (Å²) < 4.78 is 26.0. The Kier molecular flexibility index (Phi) is 5.94. The van der Waals surface area contributed by atoms with Crippen LogP contribution in [0.4, 0.5) is 25.0 Å². The van der Waals surface area contributed by atoms with Crippen LogP contribution < -0.4 is 16.0 Å². The maximum Gasteiger partial charge on any atom is 0.319 e. The second-order valence-electron chi connectivity index (χ2n) is 4.64. The number of hydrogen-bond acceptors (Lipinski definition) is 2. The normalized spacial score (nSPS) is 10.2. The van der Waals surface area contributed by atoms with Crippen LogP contribution in [0.15, 0.2) is 36.4 Å². The van der Waals surface area contributed by atoms with Crippen LogP contribution in [0, 0.1) is 11.6 Å². The zero-order valence-corrected chi connectivity index (χ0v) is 13.5. The van der Waals surface area contributed by atoms with Crippen LogP contribution in [0.2, 0.25) is 10.0 Å². The van der Waals surface area contributed by atoms with Crippen LogP contribution in [0.25, 0.3) is 0 Å². The van der Waals surface area contributed by atoms with Gasteiger partial charge in [-0.1, -0.05) is 23.2 Å². The van der Waals surface area contributed by atoms with Gasteiger partial charge in [-0.05, 0) is 30.3 Å². The molecule has 24 heavy (non-hydrogen) atoms. The number of urea groups is 1. The maximum absolute atomic E-state index is 13.0. The molecule has 0 aliphatic rings. The quantitative estimate of drug-likeness (QED) is 0.756. The summed E-state index contributed by atoms with van der Waals surface area (Å²) in [5.74, 6) is -2.22. The number of benzene rings is 2. The molecule has 3 amide bonds. The van der Waals surface area contributed by atoms with E-state index in [0.29, 0.717) is 16.8 Å². The monoisotopic (exact) mass is 373 g/mol. The highest BCUT2D eigenvalue weighted by atomic mass is 35.5. The van der Waals surface area contributed by atoms with Gasteiger partial charge in [-0.25, -0.2) is 13.6 Å². The van der Waals surface area contributed by atoms with Crippen molar-refractivity contribution in [2.45, 2.75) is 0 Å². The minimum atomic E-state index is -0.835. The Morgan fingerprint density at radius 3 is 2.29 bits per heavy atom. The largest absolute Gasteiger partial charge is 0.329 e. The van der Waals surface area contributed by atoms with Crippen molar-refractivity contribution >= 4 is 46.5 Å². The third kappa shape index (κ3) is 5.36. The van der Waals surface area contributed by atoms with Crippen molar-refractivity contribution in [2.75, 3.05) is 17.2 Å². The smallest absolute Gasteiger partial charge is 0.319 e. The van der Waals surface area contributed by atoms with Gasteiger partial charge in [-0.3, -0.25) is 4.79 Å². The van der Waals surface area contributed by atoms with Crippen molar-refractivity contribution in [3.05, 3.63) is 58.1 Å². The summed E-state index contributed by atoms with van der Waals surface area (Å²) in [4.78, 5) is 23.4. The van der Waals surface area contributed by atoms with E-state index in [1.54, 1.807) is 6.07 Å². The Morgan fingerprint density at radius 2 is 1.62 bits per heavy atom. The molecule has 0 spiro atoms. The molecule has 0 radical (unpaired) electrons. The molecule has 126 valence electrons. The zero-order valence-electron chi connectivity index (χ0n) is 12.0. The van der Waals surface area contributed by atoms with Gasteiger partial charge < -0.3 is 16.0 Å². The lowest BCUT2D eigenvalue weighted by molar-refractivity contribution is -0.115. The van der Waals surface area contributed by atoms with E-state index in [4.69, 9.17) is 23.2 Å². The molecular weight excluding hydrogens is 363 g/mol. The Morgan fingerprint density at radius 1 is 0.958 bits per heavy atom. The summed E-state index contributed by atoms with van der Waals surface area (Å²) in [7, 11) is 0. The third-order valence-corrected chi connectivity index (χ3v) is 3.30. The predicted octanol–water partition coefficient (Wildman–Crippen LogP) is 4.03. The van der Waals surface area contributed by atoms with E-state index in [1.807, 2.05) is 0 Å². The molecule has 0 unspecified atom stereocenters. The molecule has 0 aliphatic carbocycles. The molecule has 2 aromatic carbocycles. The Hall–Kier alpha value is -2.38. The average molecular weight is 374 g/mol. The van der Waals surface area contributed by atoms with E-state index >= 15 is 0 Å². The van der Waals surface area contributed by atoms with E-state index in [0.717, 1.165) is 12.1 Å². The maximum atomic E-state index is 13.0. The first-order valence-corrected chi connectivity index (χ1v) is 7.35. The number of amides is 3. The number of rotatable bonds is 4. The molecule has 0 bridgehead atoms. The van der Waals surface area contributed by atoms with Crippen LogP contribution in [0.3, 0.4) is 0 Å². The van der Waals surface area contributed by atoms with Crippen molar-refractivity contribution in [2.24, 2.45) is 0 Å². The molecule has 3 N–H and O–H groups in total. The van der Waals surface area contributed by atoms with Crippen LogP contribution in [-0.2, 0) is 4.79 Å². The fourth-order valence-corrected chi connectivity index (χ4v) is 2.09. The number of anilines is 2. The lowest BCUT2D eigenvalue weighted by Crippen LogP contribution is -2.35. The van der Waals surface area contributed by atoms with Gasteiger partial charge in [0, 0.05) is 16.8 Å². The van der Waals surface area contributed by atoms with Crippen molar-refractivity contribution in [1.29, 1.82) is 0 Å². The Balaban J connectivity index is 1.87. The van der Waals surface area contributed by atoms with Gasteiger partial charge in [0.15, 0.2) is 0 Å². The lowest BCUT2D eigenvalue weighted by Gasteiger charge is -2.10. The second kappa shape index (κ2) is 7.94. The molecule has 0 aromatic heterocycles. The van der Waals surface area contributed by atoms with Crippen LogP contribution in [-0.4, -0.2) is 18.5 Å². The molecule has 9 heteroatoms. The summed E-state index contributed by atoms with van der Waals surface area (Å²) >= 11 is 11.7. The number of halogens is 4. The van der Waals surface area contributed by atoms with Crippen LogP contribution in [0.5, 0.6) is 0 Å². The molecule has 2 rings (SSSR count). The Labute approximate surface area is 145 Å². The minimum Gasteiger partial charge on any atom is -0.329 e. The van der Waals surface area contributed by atoms with E-state index in [-0.39, 0.29) is 17.3 Å². The molecule has 0 saturated heterocycles. The van der Waals surface area contributed by atoms with Crippen molar-refractivity contribution in [3.8, 4) is 0 Å². The number of nitrogens with one attached hydrogen (secondary N) is 3. The average Bonchev–Trinajstić information content (AvgIpc) is 2.48. The van der Waals surface area contributed by atoms with Gasteiger partial charge in [-0.2, -0.15) is 0 Å². The van der Waals surface area contributed by atoms with Crippen molar-refractivity contribution < 1.29 is 18.4 Å². The summed E-state index contributed by atoms with van der Waals surface area (Å²) in [6, 6.07) is 6.28. The summed E-state index contributed by atoms with van der Waals surface area (Å²) in [5, 5.41) is 7.59. The van der Waals surface area contributed by atoms with E-state index in [9.17, 15) is 18.4 Å². The Bertz CT molecular complexity index is 767. The highest BCUT2D eigenvalue weighted by Crippen LogP contribution is 2.25. The molecule has 5 nitrogen and oxygen atoms in total. The van der Waals surface area contributed by atoms with Gasteiger partial charge in [0.1, 0.15) is 11.6 Å². The van der Waals surface area contributed by atoms with Gasteiger partial charge in [0.25, 0.3) is 0 Å². The highest BCUT2D eigenvalue weighted by Gasteiger charge is 2.09. The van der Waals surface area contributed by atoms with E-state index < -0.39 is 23.6 Å². The lowest BCUT2D eigenvalue weighted by atomic mass is 10.3. The van der Waals surface area contributed by atoms with Gasteiger partial charge in [-0.15, -0.1) is 0 Å². The summed E-state index contributed by atoms with van der Waals surface area (Å²) in [6.07, 6.45) is 0. The molecule has 0 aliphatic heterocycles. The van der Waals surface area contributed by atoms with Gasteiger partial charge in [0.2, 0.25) is 5.91 Å². The van der Waals surface area contributed by atoms with Crippen molar-refractivity contribution in [1.82, 2.24) is 5.32 Å². The number of carbonyl (C=O) groups excluding carboxylic acids is 2. The van der Waals surface area contributed by atoms with E-state index in [2.05, 4.69) is 16.0 Å². The van der Waals surface area contributed by atoms with E-state index in [1.165, 1.54) is 12.1 Å². The fraction of sp³-hybridized carbons (Fsp3) is 0.0667. The fourth-order valence-electron chi connectivity index (χ4n) is 1.75. The van der Waals surface area contributed by atoms with Gasteiger partial charge in [0.05, 0.1) is 17.3 Å². The minimum absolute atomic E-state index is 0.0803. The molecule has 0 atom stereocenters. The first-order valence-electron chi connectivity index (χ1n) is 6.59. The first kappa shape index (κ1) is 18.0. The molecule has 0 fully saturated rings. The SMILES string of the molecule is O=C(CNC(=O)Nc1cc(F)cc(F)c1)Nc1cc(Cl)ccc1Cl. The third-order valence-electron chi connectivity index (χ3n) is 2.73. The second-order valence-corrected chi connectivity index (χ2v) is 5.48. The van der Waals surface area contributed by atoms with Crippen LogP contribution >= 0.6 is 23.2 Å². The summed E-state index contributed by atoms with van der Waals surface area (Å²) in [5.41, 5.74) is 0.215. The number of carbonyl (C=O) groups is 2. The van der Waals surface area contributed by atoms with Crippen molar-refractivity contribution in [3.63, 3.8) is 0 Å². The first-order chi connectivity index (χ1) is 11.3. The highest BCUT2D eigenvalue weighted by molar-refractivity contribution is 6.35. The van der Waals surface area contributed by atoms with Crippen LogP contribution in [0.1, 0.15) is 0 Å². The molecule has 0 saturated carbocycles.